The predicted molar refractivity (Wildman–Crippen MR) is 67.8 cm³/mol. The fraction of sp³-hybridized carbons (Fsp3) is 0.417. The predicted octanol–water partition coefficient (Wildman–Crippen LogP) is 1.63. The molecule has 1 fully saturated rings. The van der Waals surface area contributed by atoms with Crippen LogP contribution in [0.4, 0.5) is 13.2 Å². The van der Waals surface area contributed by atoms with E-state index in [0.717, 1.165) is 0 Å². The Morgan fingerprint density at radius 1 is 1.52 bits per heavy atom. The van der Waals surface area contributed by atoms with E-state index in [2.05, 4.69) is 10.3 Å². The molecule has 21 heavy (non-hydrogen) atoms. The van der Waals surface area contributed by atoms with Crippen LogP contribution in [0.25, 0.3) is 0 Å². The molecule has 0 aliphatic carbocycles. The first-order chi connectivity index (χ1) is 9.76. The van der Waals surface area contributed by atoms with Crippen LogP contribution in [0.15, 0.2) is 18.3 Å². The maximum Gasteiger partial charge on any atom is 0.406 e. The molecule has 0 saturated carbocycles. The number of amides is 2. The number of aromatic nitrogens is 1. The molecule has 0 spiro atoms. The zero-order chi connectivity index (χ0) is 15.6. The van der Waals surface area contributed by atoms with Gasteiger partial charge in [0, 0.05) is 17.8 Å². The van der Waals surface area contributed by atoms with Crippen LogP contribution in [-0.2, 0) is 4.79 Å². The molecule has 114 valence electrons. The van der Waals surface area contributed by atoms with Gasteiger partial charge in [-0.3, -0.25) is 14.6 Å². The van der Waals surface area contributed by atoms with E-state index < -0.39 is 30.6 Å². The number of hydrogen-bond acceptors (Lipinski definition) is 3. The van der Waals surface area contributed by atoms with Gasteiger partial charge >= 0.3 is 6.18 Å². The Balaban J connectivity index is 1.98. The standard InChI is InChI=1S/C12H11ClF3N3O2/c13-7-1-3-17-9(5-7)10(20)18-8-2-4-19(11(8)21)6-12(14,15)16/h1,3,5,8H,2,4,6H2,(H,18,20)/t8-/m1/s1. The summed E-state index contributed by atoms with van der Waals surface area (Å²) in [5.41, 5.74) is 0.00423. The summed E-state index contributed by atoms with van der Waals surface area (Å²) in [4.78, 5) is 28.1. The molecule has 9 heteroatoms. The van der Waals surface area contributed by atoms with Crippen molar-refractivity contribution in [1.29, 1.82) is 0 Å². The molecule has 1 aromatic rings. The summed E-state index contributed by atoms with van der Waals surface area (Å²) in [6.45, 7) is -1.36. The van der Waals surface area contributed by atoms with Crippen LogP contribution < -0.4 is 5.32 Å². The van der Waals surface area contributed by atoms with Gasteiger partial charge in [0.15, 0.2) is 0 Å². The van der Waals surface area contributed by atoms with E-state index in [1.54, 1.807) is 0 Å². The van der Waals surface area contributed by atoms with Crippen LogP contribution >= 0.6 is 11.6 Å². The van der Waals surface area contributed by atoms with E-state index in [4.69, 9.17) is 11.6 Å². The lowest BCUT2D eigenvalue weighted by atomic mass is 10.2. The van der Waals surface area contributed by atoms with Gasteiger partial charge in [-0.2, -0.15) is 13.2 Å². The number of carbonyl (C=O) groups is 2. The largest absolute Gasteiger partial charge is 0.406 e. The summed E-state index contributed by atoms with van der Waals surface area (Å²) < 4.78 is 36.8. The molecule has 1 atom stereocenters. The molecule has 5 nitrogen and oxygen atoms in total. The number of nitrogens with zero attached hydrogens (tertiary/aromatic N) is 2. The minimum absolute atomic E-state index is 0.00423. The average molecular weight is 322 g/mol. The Morgan fingerprint density at radius 3 is 2.86 bits per heavy atom. The second-order valence-electron chi connectivity index (χ2n) is 4.55. The quantitative estimate of drug-likeness (QED) is 0.920. The molecule has 2 amide bonds. The number of alkyl halides is 3. The van der Waals surface area contributed by atoms with Crippen LogP contribution in [0.1, 0.15) is 16.9 Å². The first-order valence-corrected chi connectivity index (χ1v) is 6.42. The SMILES string of the molecule is O=C(N[C@@H]1CCN(CC(F)(F)F)C1=O)c1cc(Cl)ccn1. The van der Waals surface area contributed by atoms with E-state index >= 15 is 0 Å². The van der Waals surface area contributed by atoms with Crippen LogP contribution in [0.2, 0.25) is 5.02 Å². The number of halogens is 4. The van der Waals surface area contributed by atoms with Crippen molar-refractivity contribution in [2.75, 3.05) is 13.1 Å². The van der Waals surface area contributed by atoms with E-state index in [-0.39, 0.29) is 18.7 Å². The van der Waals surface area contributed by atoms with Gasteiger partial charge in [0.05, 0.1) is 0 Å². The molecule has 1 aliphatic rings. The molecule has 1 saturated heterocycles. The molecule has 2 heterocycles. The van der Waals surface area contributed by atoms with E-state index in [9.17, 15) is 22.8 Å². The van der Waals surface area contributed by atoms with E-state index in [0.29, 0.717) is 9.92 Å². The summed E-state index contributed by atoms with van der Waals surface area (Å²) in [5, 5.41) is 2.67. The fourth-order valence-corrected chi connectivity index (χ4v) is 2.17. The highest BCUT2D eigenvalue weighted by Crippen LogP contribution is 2.21. The van der Waals surface area contributed by atoms with E-state index in [1.807, 2.05) is 0 Å². The van der Waals surface area contributed by atoms with Crippen LogP contribution in [-0.4, -0.2) is 47.0 Å². The van der Waals surface area contributed by atoms with Crippen molar-refractivity contribution >= 4 is 23.4 Å². The lowest BCUT2D eigenvalue weighted by molar-refractivity contribution is -0.157. The lowest BCUT2D eigenvalue weighted by Gasteiger charge is -2.18. The number of nitrogens with one attached hydrogen (secondary N) is 1. The van der Waals surface area contributed by atoms with Gasteiger partial charge in [-0.15, -0.1) is 0 Å². The van der Waals surface area contributed by atoms with Crippen molar-refractivity contribution in [3.05, 3.63) is 29.0 Å². The number of likely N-dealkylation sites (tertiary alicyclic amines) is 1. The Morgan fingerprint density at radius 2 is 2.24 bits per heavy atom. The zero-order valence-electron chi connectivity index (χ0n) is 10.7. The third-order valence-corrected chi connectivity index (χ3v) is 3.16. The van der Waals surface area contributed by atoms with Crippen LogP contribution in [0, 0.1) is 0 Å². The molecule has 1 N–H and O–H groups in total. The number of pyridine rings is 1. The molecule has 2 rings (SSSR count). The molecule has 0 unspecified atom stereocenters. The Labute approximate surface area is 123 Å². The van der Waals surface area contributed by atoms with Crippen LogP contribution in [0.5, 0.6) is 0 Å². The molecule has 0 bridgehead atoms. The summed E-state index contributed by atoms with van der Waals surface area (Å²) in [6.07, 6.45) is -3.01. The third kappa shape index (κ3) is 4.07. The number of hydrogen-bond donors (Lipinski definition) is 1. The third-order valence-electron chi connectivity index (χ3n) is 2.93. The van der Waals surface area contributed by atoms with Gasteiger partial charge in [0.1, 0.15) is 18.3 Å². The Kier molecular flexibility index (Phi) is 4.36. The Hall–Kier alpha value is -1.83. The average Bonchev–Trinajstić information content (AvgIpc) is 2.69. The summed E-state index contributed by atoms with van der Waals surface area (Å²) in [7, 11) is 0. The van der Waals surface area contributed by atoms with Crippen molar-refractivity contribution in [3.63, 3.8) is 0 Å². The topological polar surface area (TPSA) is 62.3 Å². The van der Waals surface area contributed by atoms with Gasteiger partial charge in [-0.25, -0.2) is 0 Å². The first kappa shape index (κ1) is 15.6. The first-order valence-electron chi connectivity index (χ1n) is 6.04. The minimum Gasteiger partial charge on any atom is -0.339 e. The second-order valence-corrected chi connectivity index (χ2v) is 4.99. The number of rotatable bonds is 3. The van der Waals surface area contributed by atoms with Crippen molar-refractivity contribution in [2.24, 2.45) is 0 Å². The normalized spacial score (nSPS) is 19.0. The smallest absolute Gasteiger partial charge is 0.339 e. The van der Waals surface area contributed by atoms with Gasteiger partial charge in [0.25, 0.3) is 5.91 Å². The minimum atomic E-state index is -4.46. The number of carbonyl (C=O) groups excluding carboxylic acids is 2. The molecular weight excluding hydrogens is 311 g/mol. The van der Waals surface area contributed by atoms with Gasteiger partial charge < -0.3 is 10.2 Å². The van der Waals surface area contributed by atoms with Gasteiger partial charge in [-0.1, -0.05) is 11.6 Å². The molecule has 0 radical (unpaired) electrons. The van der Waals surface area contributed by atoms with Crippen molar-refractivity contribution in [3.8, 4) is 0 Å². The summed E-state index contributed by atoms with van der Waals surface area (Å²) in [5.74, 6) is -1.40. The van der Waals surface area contributed by atoms with Gasteiger partial charge in [-0.05, 0) is 18.6 Å². The van der Waals surface area contributed by atoms with E-state index in [1.165, 1.54) is 18.3 Å². The zero-order valence-corrected chi connectivity index (χ0v) is 11.4. The van der Waals surface area contributed by atoms with Crippen molar-refractivity contribution < 1.29 is 22.8 Å². The van der Waals surface area contributed by atoms with Gasteiger partial charge in [0.2, 0.25) is 5.91 Å². The molecule has 1 aliphatic heterocycles. The maximum absolute atomic E-state index is 12.3. The fourth-order valence-electron chi connectivity index (χ4n) is 2.01. The maximum atomic E-state index is 12.3. The monoisotopic (exact) mass is 321 g/mol. The highest BCUT2D eigenvalue weighted by atomic mass is 35.5. The van der Waals surface area contributed by atoms with Crippen LogP contribution in [0.3, 0.4) is 0 Å². The molecule has 0 aromatic carbocycles. The second kappa shape index (κ2) is 5.88. The molecule has 1 aromatic heterocycles. The summed E-state index contributed by atoms with van der Waals surface area (Å²) in [6, 6.07) is 1.81. The lowest BCUT2D eigenvalue weighted by Crippen LogP contribution is -2.44. The van der Waals surface area contributed by atoms with Crippen molar-refractivity contribution in [1.82, 2.24) is 15.2 Å². The highest BCUT2D eigenvalue weighted by molar-refractivity contribution is 6.30. The highest BCUT2D eigenvalue weighted by Gasteiger charge is 2.39. The van der Waals surface area contributed by atoms with Crippen molar-refractivity contribution in [2.45, 2.75) is 18.6 Å². The molecular formula is C12H11ClF3N3O2. The summed E-state index contributed by atoms with van der Waals surface area (Å²) >= 11 is 5.71. The Bertz CT molecular complexity index is 565.